The molecule has 19 heavy (non-hydrogen) atoms. The summed E-state index contributed by atoms with van der Waals surface area (Å²) >= 11 is 0. The van der Waals surface area contributed by atoms with Crippen molar-refractivity contribution in [3.8, 4) is 5.75 Å². The van der Waals surface area contributed by atoms with Crippen LogP contribution in [0, 0.1) is 6.92 Å². The Morgan fingerprint density at radius 1 is 1.16 bits per heavy atom. The van der Waals surface area contributed by atoms with Crippen molar-refractivity contribution in [3.63, 3.8) is 0 Å². The third kappa shape index (κ3) is 3.48. The standard InChI is InChI=1S/C15H16N2O2/c1-11-6-2-4-8-13(11)17-15(18)10-19-14-9-5-3-7-12(14)16/h2-9H,10,16H2,1H3,(H,17,18). The SMILES string of the molecule is Cc1ccccc1NC(=O)COc1ccccc1N. The van der Waals surface area contributed by atoms with Crippen molar-refractivity contribution in [1.82, 2.24) is 0 Å². The van der Waals surface area contributed by atoms with E-state index in [4.69, 9.17) is 10.5 Å². The molecule has 0 aliphatic carbocycles. The predicted molar refractivity (Wildman–Crippen MR) is 76.2 cm³/mol. The second-order valence-corrected chi connectivity index (χ2v) is 4.19. The summed E-state index contributed by atoms with van der Waals surface area (Å²) in [6.45, 7) is 1.87. The van der Waals surface area contributed by atoms with E-state index in [9.17, 15) is 4.79 Å². The molecule has 4 nitrogen and oxygen atoms in total. The van der Waals surface area contributed by atoms with E-state index in [0.29, 0.717) is 11.4 Å². The molecule has 0 saturated carbocycles. The summed E-state index contributed by atoms with van der Waals surface area (Å²) in [6, 6.07) is 14.7. The number of aryl methyl sites for hydroxylation is 1. The van der Waals surface area contributed by atoms with Crippen LogP contribution in [0.2, 0.25) is 0 Å². The van der Waals surface area contributed by atoms with Gasteiger partial charge in [-0.1, -0.05) is 30.3 Å². The van der Waals surface area contributed by atoms with E-state index in [1.807, 2.05) is 43.3 Å². The molecule has 0 heterocycles. The first-order valence-corrected chi connectivity index (χ1v) is 5.99. The maximum Gasteiger partial charge on any atom is 0.262 e. The van der Waals surface area contributed by atoms with Crippen LogP contribution in [0.25, 0.3) is 0 Å². The molecule has 0 radical (unpaired) electrons. The number of rotatable bonds is 4. The van der Waals surface area contributed by atoms with Crippen LogP contribution >= 0.6 is 0 Å². The smallest absolute Gasteiger partial charge is 0.262 e. The highest BCUT2D eigenvalue weighted by molar-refractivity contribution is 5.92. The van der Waals surface area contributed by atoms with E-state index in [2.05, 4.69) is 5.32 Å². The van der Waals surface area contributed by atoms with E-state index in [1.54, 1.807) is 12.1 Å². The Morgan fingerprint density at radius 3 is 2.58 bits per heavy atom. The Balaban J connectivity index is 1.92. The zero-order chi connectivity index (χ0) is 13.7. The van der Waals surface area contributed by atoms with Gasteiger partial charge in [0.25, 0.3) is 5.91 Å². The summed E-state index contributed by atoms with van der Waals surface area (Å²) in [4.78, 5) is 11.8. The minimum Gasteiger partial charge on any atom is -0.482 e. The first-order valence-electron chi connectivity index (χ1n) is 5.99. The molecule has 0 saturated heterocycles. The van der Waals surface area contributed by atoms with Gasteiger partial charge in [0.05, 0.1) is 5.69 Å². The number of anilines is 2. The highest BCUT2D eigenvalue weighted by Gasteiger charge is 2.06. The average Bonchev–Trinajstić information content (AvgIpc) is 2.40. The molecule has 0 spiro atoms. The van der Waals surface area contributed by atoms with Gasteiger partial charge in [-0.15, -0.1) is 0 Å². The third-order valence-electron chi connectivity index (χ3n) is 2.70. The topological polar surface area (TPSA) is 64.3 Å². The number of carbonyl (C=O) groups is 1. The molecule has 0 aromatic heterocycles. The summed E-state index contributed by atoms with van der Waals surface area (Å²) in [5.74, 6) is 0.306. The summed E-state index contributed by atoms with van der Waals surface area (Å²) < 4.78 is 5.37. The van der Waals surface area contributed by atoms with Crippen molar-refractivity contribution in [1.29, 1.82) is 0 Å². The Kier molecular flexibility index (Phi) is 4.03. The van der Waals surface area contributed by atoms with Gasteiger partial charge in [-0.3, -0.25) is 4.79 Å². The molecule has 0 fully saturated rings. The van der Waals surface area contributed by atoms with E-state index in [1.165, 1.54) is 0 Å². The van der Waals surface area contributed by atoms with Crippen LogP contribution in [-0.4, -0.2) is 12.5 Å². The van der Waals surface area contributed by atoms with E-state index in [-0.39, 0.29) is 12.5 Å². The predicted octanol–water partition coefficient (Wildman–Crippen LogP) is 2.59. The molecule has 0 aliphatic heterocycles. The number of para-hydroxylation sites is 3. The minimum atomic E-state index is -0.211. The number of hydrogen-bond donors (Lipinski definition) is 2. The van der Waals surface area contributed by atoms with E-state index < -0.39 is 0 Å². The fraction of sp³-hybridized carbons (Fsp3) is 0.133. The fourth-order valence-corrected chi connectivity index (χ4v) is 1.65. The maximum atomic E-state index is 11.8. The molecule has 2 aromatic rings. The van der Waals surface area contributed by atoms with Crippen molar-refractivity contribution in [2.24, 2.45) is 0 Å². The lowest BCUT2D eigenvalue weighted by Crippen LogP contribution is -2.20. The summed E-state index contributed by atoms with van der Waals surface area (Å²) in [5.41, 5.74) is 8.04. The summed E-state index contributed by atoms with van der Waals surface area (Å²) in [5, 5.41) is 2.80. The van der Waals surface area contributed by atoms with Gasteiger partial charge in [0.1, 0.15) is 5.75 Å². The van der Waals surface area contributed by atoms with Crippen LogP contribution in [0.1, 0.15) is 5.56 Å². The van der Waals surface area contributed by atoms with Crippen LogP contribution < -0.4 is 15.8 Å². The first kappa shape index (κ1) is 13.0. The molecule has 0 unspecified atom stereocenters. The van der Waals surface area contributed by atoms with Crippen molar-refractivity contribution in [2.45, 2.75) is 6.92 Å². The Hall–Kier alpha value is -2.49. The van der Waals surface area contributed by atoms with Crippen LogP contribution in [0.4, 0.5) is 11.4 Å². The Morgan fingerprint density at radius 2 is 1.84 bits per heavy atom. The highest BCUT2D eigenvalue weighted by Crippen LogP contribution is 2.19. The van der Waals surface area contributed by atoms with Gasteiger partial charge in [0.2, 0.25) is 0 Å². The molecule has 4 heteroatoms. The van der Waals surface area contributed by atoms with Crippen LogP contribution in [0.5, 0.6) is 5.75 Å². The number of nitrogens with two attached hydrogens (primary N) is 1. The van der Waals surface area contributed by atoms with E-state index >= 15 is 0 Å². The Labute approximate surface area is 112 Å². The average molecular weight is 256 g/mol. The molecular formula is C15H16N2O2. The van der Waals surface area contributed by atoms with Gasteiger partial charge in [-0.05, 0) is 30.7 Å². The second kappa shape index (κ2) is 5.91. The summed E-state index contributed by atoms with van der Waals surface area (Å²) in [7, 11) is 0. The molecule has 1 amide bonds. The van der Waals surface area contributed by atoms with Crippen LogP contribution in [0.15, 0.2) is 48.5 Å². The molecule has 0 aliphatic rings. The molecule has 3 N–H and O–H groups in total. The number of amides is 1. The van der Waals surface area contributed by atoms with Gasteiger partial charge in [0, 0.05) is 5.69 Å². The number of nitrogen functional groups attached to an aromatic ring is 1. The number of nitrogens with one attached hydrogen (secondary N) is 1. The van der Waals surface area contributed by atoms with Crippen molar-refractivity contribution < 1.29 is 9.53 Å². The summed E-state index contributed by atoms with van der Waals surface area (Å²) in [6.07, 6.45) is 0. The van der Waals surface area contributed by atoms with Crippen molar-refractivity contribution >= 4 is 17.3 Å². The molecule has 98 valence electrons. The van der Waals surface area contributed by atoms with Gasteiger partial charge >= 0.3 is 0 Å². The molecule has 2 aromatic carbocycles. The van der Waals surface area contributed by atoms with Gasteiger partial charge in [0.15, 0.2) is 6.61 Å². The molecule has 0 bridgehead atoms. The van der Waals surface area contributed by atoms with E-state index in [0.717, 1.165) is 11.3 Å². The number of ether oxygens (including phenoxy) is 1. The fourth-order valence-electron chi connectivity index (χ4n) is 1.65. The van der Waals surface area contributed by atoms with Crippen molar-refractivity contribution in [2.75, 3.05) is 17.7 Å². The lowest BCUT2D eigenvalue weighted by molar-refractivity contribution is -0.118. The van der Waals surface area contributed by atoms with Crippen LogP contribution in [-0.2, 0) is 4.79 Å². The maximum absolute atomic E-state index is 11.8. The number of benzene rings is 2. The number of hydrogen-bond acceptors (Lipinski definition) is 3. The largest absolute Gasteiger partial charge is 0.482 e. The monoisotopic (exact) mass is 256 g/mol. The lowest BCUT2D eigenvalue weighted by Gasteiger charge is -2.10. The molecular weight excluding hydrogens is 240 g/mol. The normalized spacial score (nSPS) is 9.95. The lowest BCUT2D eigenvalue weighted by atomic mass is 10.2. The molecule has 0 atom stereocenters. The second-order valence-electron chi connectivity index (χ2n) is 4.19. The molecule has 2 rings (SSSR count). The third-order valence-corrected chi connectivity index (χ3v) is 2.70. The quantitative estimate of drug-likeness (QED) is 0.826. The van der Waals surface area contributed by atoms with Crippen molar-refractivity contribution in [3.05, 3.63) is 54.1 Å². The minimum absolute atomic E-state index is 0.0669. The van der Waals surface area contributed by atoms with Crippen LogP contribution in [0.3, 0.4) is 0 Å². The van der Waals surface area contributed by atoms with Gasteiger partial charge < -0.3 is 15.8 Å². The zero-order valence-electron chi connectivity index (χ0n) is 10.7. The number of carbonyl (C=O) groups excluding carboxylic acids is 1. The Bertz CT molecular complexity index is 582. The van der Waals surface area contributed by atoms with Gasteiger partial charge in [-0.25, -0.2) is 0 Å². The van der Waals surface area contributed by atoms with Gasteiger partial charge in [-0.2, -0.15) is 0 Å². The zero-order valence-corrected chi connectivity index (χ0v) is 10.7. The first-order chi connectivity index (χ1) is 9.16. The highest BCUT2D eigenvalue weighted by atomic mass is 16.5.